The molecule has 2 aromatic carbocycles. The normalized spacial score (nSPS) is 20.1. The van der Waals surface area contributed by atoms with E-state index in [2.05, 4.69) is 0 Å². The van der Waals surface area contributed by atoms with Crippen LogP contribution in [0, 0.1) is 6.92 Å². The lowest BCUT2D eigenvalue weighted by molar-refractivity contribution is -0.125. The maximum Gasteiger partial charge on any atom is 0.291 e. The van der Waals surface area contributed by atoms with E-state index in [9.17, 15) is 19.5 Å². The Balaban J connectivity index is 1.96. The molecule has 1 aromatic heterocycles. The summed E-state index contributed by atoms with van der Waals surface area (Å²) in [5.74, 6) is -1.14. The number of aliphatic hydroxyl groups excluding tert-OH is 1. The Hall–Kier alpha value is -3.45. The molecule has 7 heteroatoms. The fourth-order valence-corrected chi connectivity index (χ4v) is 4.61. The summed E-state index contributed by atoms with van der Waals surface area (Å²) in [4.78, 5) is 43.2. The molecule has 0 fully saturated rings. The molecule has 29 heavy (non-hydrogen) atoms. The summed E-state index contributed by atoms with van der Waals surface area (Å²) in [5.41, 5.74) is 0.288. The summed E-state index contributed by atoms with van der Waals surface area (Å²) < 4.78 is 5.87. The zero-order chi connectivity index (χ0) is 20.5. The van der Waals surface area contributed by atoms with Gasteiger partial charge in [-0.15, -0.1) is 0 Å². The van der Waals surface area contributed by atoms with E-state index in [1.165, 1.54) is 9.80 Å². The number of β-amino-alcohol motifs (C(OH)–C–C–N with tert-alkyl or cyclic N) is 1. The molecule has 1 spiro atoms. The largest absolute Gasteiger partial charge is 0.450 e. The number of carbonyl (C=O) groups excluding carboxylic acids is 2. The van der Waals surface area contributed by atoms with Crippen molar-refractivity contribution in [3.63, 3.8) is 0 Å². The summed E-state index contributed by atoms with van der Waals surface area (Å²) in [7, 11) is 1.61. The smallest absolute Gasteiger partial charge is 0.291 e. The lowest BCUT2D eigenvalue weighted by Crippen LogP contribution is -2.53. The first-order valence-corrected chi connectivity index (χ1v) is 9.31. The van der Waals surface area contributed by atoms with Gasteiger partial charge in [-0.2, -0.15) is 0 Å². The standard InChI is InChI=1S/C22H18N2O5/c1-12-7-8-16-13(11-12)18(26)17-19(29-16)20(27)24(9-10-25)22(17)14-5-3-4-6-15(14)23(2)21(22)28/h3-8,11,25H,9-10H2,1-2H3. The second-order valence-corrected chi connectivity index (χ2v) is 7.41. The molecule has 0 bridgehead atoms. The minimum atomic E-state index is -1.64. The van der Waals surface area contributed by atoms with Gasteiger partial charge in [-0.05, 0) is 25.1 Å². The molecule has 5 rings (SSSR count). The zero-order valence-electron chi connectivity index (χ0n) is 15.9. The molecule has 3 heterocycles. The highest BCUT2D eigenvalue weighted by atomic mass is 16.3. The maximum absolute atomic E-state index is 13.6. The number of carbonyl (C=O) groups is 2. The minimum Gasteiger partial charge on any atom is -0.450 e. The van der Waals surface area contributed by atoms with Gasteiger partial charge in [-0.3, -0.25) is 14.4 Å². The Labute approximate surface area is 165 Å². The van der Waals surface area contributed by atoms with Crippen LogP contribution < -0.4 is 10.3 Å². The third-order valence-electron chi connectivity index (χ3n) is 5.84. The highest BCUT2D eigenvalue weighted by Crippen LogP contribution is 2.51. The second-order valence-electron chi connectivity index (χ2n) is 7.41. The van der Waals surface area contributed by atoms with E-state index < -0.39 is 22.8 Å². The van der Waals surface area contributed by atoms with Crippen molar-refractivity contribution in [3.05, 3.63) is 75.1 Å². The first-order chi connectivity index (χ1) is 13.9. The molecule has 0 saturated heterocycles. The van der Waals surface area contributed by atoms with Gasteiger partial charge in [0.25, 0.3) is 11.8 Å². The number of nitrogens with zero attached hydrogens (tertiary/aromatic N) is 2. The Bertz CT molecular complexity index is 1280. The summed E-state index contributed by atoms with van der Waals surface area (Å²) in [6, 6.07) is 12.2. The number of hydrogen-bond acceptors (Lipinski definition) is 5. The molecule has 0 saturated carbocycles. The topological polar surface area (TPSA) is 91.1 Å². The number of anilines is 1. The molecule has 7 nitrogen and oxygen atoms in total. The van der Waals surface area contributed by atoms with Crippen LogP contribution in [0.5, 0.6) is 0 Å². The van der Waals surface area contributed by atoms with Gasteiger partial charge in [-0.25, -0.2) is 0 Å². The number of aryl methyl sites for hydroxylation is 1. The van der Waals surface area contributed by atoms with Crippen LogP contribution in [0.4, 0.5) is 5.69 Å². The molecule has 2 amide bonds. The van der Waals surface area contributed by atoms with Crippen LogP contribution >= 0.6 is 0 Å². The SMILES string of the molecule is Cc1ccc2oc3c(c(=O)c2c1)C1(C(=O)N(C)c2ccccc21)N(CCO)C3=O. The summed E-state index contributed by atoms with van der Waals surface area (Å²) >= 11 is 0. The van der Waals surface area contributed by atoms with Gasteiger partial charge < -0.3 is 19.3 Å². The predicted molar refractivity (Wildman–Crippen MR) is 106 cm³/mol. The highest BCUT2D eigenvalue weighted by molar-refractivity contribution is 6.16. The van der Waals surface area contributed by atoms with E-state index in [0.717, 1.165) is 5.56 Å². The molecular formula is C22H18N2O5. The quantitative estimate of drug-likeness (QED) is 0.720. The van der Waals surface area contributed by atoms with Gasteiger partial charge in [0, 0.05) is 24.8 Å². The van der Waals surface area contributed by atoms with Crippen LogP contribution in [0.1, 0.15) is 27.2 Å². The van der Waals surface area contributed by atoms with Crippen molar-refractivity contribution < 1.29 is 19.1 Å². The van der Waals surface area contributed by atoms with E-state index in [-0.39, 0.29) is 24.5 Å². The molecule has 0 radical (unpaired) electrons. The number of rotatable bonds is 2. The monoisotopic (exact) mass is 390 g/mol. The fraction of sp³-hybridized carbons (Fsp3) is 0.227. The Kier molecular flexibility index (Phi) is 3.51. The number of likely N-dealkylation sites (N-methyl/N-ethyl adjacent to an activating group) is 1. The summed E-state index contributed by atoms with van der Waals surface area (Å²) in [5, 5.41) is 9.96. The third kappa shape index (κ3) is 1.97. The van der Waals surface area contributed by atoms with Gasteiger partial charge in [0.1, 0.15) is 5.58 Å². The second kappa shape index (κ2) is 5.78. The zero-order valence-corrected chi connectivity index (χ0v) is 15.9. The summed E-state index contributed by atoms with van der Waals surface area (Å²) in [6.07, 6.45) is 0. The van der Waals surface area contributed by atoms with E-state index in [1.54, 1.807) is 49.5 Å². The molecule has 2 aliphatic heterocycles. The maximum atomic E-state index is 13.6. The van der Waals surface area contributed by atoms with Gasteiger partial charge in [0.15, 0.2) is 11.0 Å². The fourth-order valence-electron chi connectivity index (χ4n) is 4.61. The molecule has 3 aromatic rings. The lowest BCUT2D eigenvalue weighted by atomic mass is 9.84. The highest BCUT2D eigenvalue weighted by Gasteiger charge is 2.64. The van der Waals surface area contributed by atoms with Crippen LogP contribution in [0.2, 0.25) is 0 Å². The number of para-hydroxylation sites is 1. The average molecular weight is 390 g/mol. The molecule has 146 valence electrons. The van der Waals surface area contributed by atoms with Crippen molar-refractivity contribution in [2.75, 3.05) is 25.1 Å². The van der Waals surface area contributed by atoms with Crippen LogP contribution in [-0.2, 0) is 10.3 Å². The molecule has 1 atom stereocenters. The lowest BCUT2D eigenvalue weighted by Gasteiger charge is -2.33. The van der Waals surface area contributed by atoms with Crippen LogP contribution in [0.15, 0.2) is 51.7 Å². The van der Waals surface area contributed by atoms with Crippen LogP contribution in [-0.4, -0.2) is 42.0 Å². The Morgan fingerprint density at radius 1 is 1.10 bits per heavy atom. The number of hydrogen-bond donors (Lipinski definition) is 1. The van der Waals surface area contributed by atoms with Gasteiger partial charge >= 0.3 is 0 Å². The van der Waals surface area contributed by atoms with Crippen LogP contribution in [0.25, 0.3) is 11.0 Å². The molecular weight excluding hydrogens is 372 g/mol. The van der Waals surface area contributed by atoms with E-state index in [4.69, 9.17) is 4.42 Å². The van der Waals surface area contributed by atoms with E-state index >= 15 is 0 Å². The van der Waals surface area contributed by atoms with Crippen molar-refractivity contribution in [3.8, 4) is 0 Å². The first kappa shape index (κ1) is 17.6. The predicted octanol–water partition coefficient (Wildman–Crippen LogP) is 1.77. The van der Waals surface area contributed by atoms with E-state index in [0.29, 0.717) is 22.2 Å². The Morgan fingerprint density at radius 2 is 1.86 bits per heavy atom. The Morgan fingerprint density at radius 3 is 2.62 bits per heavy atom. The number of fused-ring (bicyclic) bond motifs is 5. The van der Waals surface area contributed by atoms with Crippen molar-refractivity contribution in [1.82, 2.24) is 4.90 Å². The van der Waals surface area contributed by atoms with Crippen molar-refractivity contribution in [1.29, 1.82) is 0 Å². The van der Waals surface area contributed by atoms with Gasteiger partial charge in [-0.1, -0.05) is 29.8 Å². The summed E-state index contributed by atoms with van der Waals surface area (Å²) in [6.45, 7) is 1.40. The third-order valence-corrected chi connectivity index (χ3v) is 5.84. The van der Waals surface area contributed by atoms with Crippen molar-refractivity contribution in [2.24, 2.45) is 0 Å². The number of amides is 2. The molecule has 2 aliphatic rings. The van der Waals surface area contributed by atoms with Gasteiger partial charge in [0.2, 0.25) is 5.76 Å². The average Bonchev–Trinajstić information content (AvgIpc) is 3.09. The minimum absolute atomic E-state index is 0.0239. The first-order valence-electron chi connectivity index (χ1n) is 9.31. The van der Waals surface area contributed by atoms with E-state index in [1.807, 2.05) is 6.92 Å². The number of benzene rings is 2. The van der Waals surface area contributed by atoms with Crippen molar-refractivity contribution in [2.45, 2.75) is 12.5 Å². The molecule has 0 aliphatic carbocycles. The van der Waals surface area contributed by atoms with Gasteiger partial charge in [0.05, 0.1) is 17.6 Å². The van der Waals surface area contributed by atoms with Crippen LogP contribution in [0.3, 0.4) is 0 Å². The number of aliphatic hydroxyl groups is 1. The van der Waals surface area contributed by atoms with Crippen molar-refractivity contribution >= 4 is 28.5 Å². The molecule has 1 unspecified atom stereocenters. The molecule has 1 N–H and O–H groups in total.